The van der Waals surface area contributed by atoms with Crippen LogP contribution in [-0.2, 0) is 9.59 Å². The summed E-state index contributed by atoms with van der Waals surface area (Å²) >= 11 is 1.64. The minimum Gasteiger partial charge on any atom is -0.345 e. The third-order valence-electron chi connectivity index (χ3n) is 4.05. The molecular formula is C19H17N3O2S. The van der Waals surface area contributed by atoms with E-state index in [9.17, 15) is 9.59 Å². The summed E-state index contributed by atoms with van der Waals surface area (Å²) in [6, 6.07) is 13.8. The fourth-order valence-corrected chi connectivity index (χ4v) is 3.59. The molecule has 1 aromatic heterocycles. The van der Waals surface area contributed by atoms with E-state index in [-0.39, 0.29) is 6.04 Å². The first-order valence-corrected chi connectivity index (χ1v) is 8.99. The number of fused-ring (bicyclic) bond motifs is 1. The molecule has 6 heteroatoms. The molecule has 0 spiro atoms. The Labute approximate surface area is 149 Å². The Bertz CT molecular complexity index is 958. The van der Waals surface area contributed by atoms with Crippen molar-refractivity contribution >= 4 is 39.1 Å². The molecule has 4 rings (SSSR count). The molecule has 0 atom stereocenters. The lowest BCUT2D eigenvalue weighted by molar-refractivity contribution is -0.136. The van der Waals surface area contributed by atoms with E-state index in [1.54, 1.807) is 23.5 Å². The summed E-state index contributed by atoms with van der Waals surface area (Å²) in [5.41, 5.74) is 3.78. The average Bonchev–Trinajstić information content (AvgIpc) is 3.31. The van der Waals surface area contributed by atoms with Gasteiger partial charge in [-0.15, -0.1) is 11.3 Å². The predicted octanol–water partition coefficient (Wildman–Crippen LogP) is 3.49. The van der Waals surface area contributed by atoms with Crippen molar-refractivity contribution in [2.75, 3.05) is 5.32 Å². The van der Waals surface area contributed by atoms with Gasteiger partial charge in [0.2, 0.25) is 0 Å². The van der Waals surface area contributed by atoms with E-state index in [2.05, 4.69) is 34.7 Å². The molecule has 126 valence electrons. The van der Waals surface area contributed by atoms with Crippen LogP contribution in [0.4, 0.5) is 5.69 Å². The van der Waals surface area contributed by atoms with Crippen LogP contribution in [0.25, 0.3) is 20.8 Å². The highest BCUT2D eigenvalue weighted by atomic mass is 32.1. The fourth-order valence-electron chi connectivity index (χ4n) is 2.52. The van der Waals surface area contributed by atoms with E-state index >= 15 is 0 Å². The Morgan fingerprint density at radius 1 is 1.08 bits per heavy atom. The fraction of sp³-hybridized carbons (Fsp3) is 0.211. The standard InChI is InChI=1S/C19H17N3O2S/c1-11-2-9-15-16(10-11)25-19(22-15)12-3-5-13(6-4-12)20-17(23)18(24)21-14-7-8-14/h2-6,9-10,14H,7-8H2,1H3,(H,20,23)(H,21,24). The van der Waals surface area contributed by atoms with E-state index in [0.717, 1.165) is 33.6 Å². The monoisotopic (exact) mass is 351 g/mol. The number of amides is 2. The molecule has 2 N–H and O–H groups in total. The van der Waals surface area contributed by atoms with Gasteiger partial charge in [-0.25, -0.2) is 4.98 Å². The number of hydrogen-bond acceptors (Lipinski definition) is 4. The topological polar surface area (TPSA) is 71.1 Å². The lowest BCUT2D eigenvalue weighted by Crippen LogP contribution is -2.36. The van der Waals surface area contributed by atoms with Crippen molar-refractivity contribution in [3.05, 3.63) is 48.0 Å². The van der Waals surface area contributed by atoms with Crippen LogP contribution in [0.2, 0.25) is 0 Å². The van der Waals surface area contributed by atoms with Gasteiger partial charge in [0.05, 0.1) is 10.2 Å². The van der Waals surface area contributed by atoms with Crippen LogP contribution >= 0.6 is 11.3 Å². The number of hydrogen-bond donors (Lipinski definition) is 2. The Hall–Kier alpha value is -2.73. The zero-order valence-electron chi connectivity index (χ0n) is 13.7. The van der Waals surface area contributed by atoms with Crippen LogP contribution in [0.15, 0.2) is 42.5 Å². The van der Waals surface area contributed by atoms with E-state index in [0.29, 0.717) is 5.69 Å². The van der Waals surface area contributed by atoms with Crippen LogP contribution in [0.5, 0.6) is 0 Å². The molecule has 2 aromatic carbocycles. The summed E-state index contributed by atoms with van der Waals surface area (Å²) in [7, 11) is 0. The minimum absolute atomic E-state index is 0.170. The lowest BCUT2D eigenvalue weighted by Gasteiger charge is -2.06. The molecule has 5 nitrogen and oxygen atoms in total. The summed E-state index contributed by atoms with van der Waals surface area (Å²) in [6.07, 6.45) is 1.91. The molecule has 1 aliphatic rings. The predicted molar refractivity (Wildman–Crippen MR) is 99.6 cm³/mol. The maximum atomic E-state index is 11.8. The smallest absolute Gasteiger partial charge is 0.313 e. The highest BCUT2D eigenvalue weighted by Gasteiger charge is 2.26. The number of nitrogens with one attached hydrogen (secondary N) is 2. The van der Waals surface area contributed by atoms with Gasteiger partial charge in [-0.2, -0.15) is 0 Å². The molecule has 2 amide bonds. The molecule has 0 saturated heterocycles. The number of rotatable bonds is 3. The zero-order chi connectivity index (χ0) is 17.4. The van der Waals surface area contributed by atoms with Gasteiger partial charge in [-0.05, 0) is 61.7 Å². The molecule has 1 heterocycles. The molecule has 0 aliphatic heterocycles. The second kappa shape index (κ2) is 6.29. The van der Waals surface area contributed by atoms with Crippen LogP contribution in [0.1, 0.15) is 18.4 Å². The summed E-state index contributed by atoms with van der Waals surface area (Å²) in [4.78, 5) is 28.2. The number of aryl methyl sites for hydroxylation is 1. The molecule has 0 unspecified atom stereocenters. The molecule has 0 bridgehead atoms. The van der Waals surface area contributed by atoms with Gasteiger partial charge in [0.25, 0.3) is 0 Å². The van der Waals surface area contributed by atoms with E-state index < -0.39 is 11.8 Å². The Balaban J connectivity index is 1.48. The van der Waals surface area contributed by atoms with Crippen molar-refractivity contribution in [3.63, 3.8) is 0 Å². The summed E-state index contributed by atoms with van der Waals surface area (Å²) in [5.74, 6) is -1.21. The van der Waals surface area contributed by atoms with Crippen LogP contribution in [0, 0.1) is 6.92 Å². The zero-order valence-corrected chi connectivity index (χ0v) is 14.5. The first-order chi connectivity index (χ1) is 12.1. The molecule has 25 heavy (non-hydrogen) atoms. The van der Waals surface area contributed by atoms with Gasteiger partial charge >= 0.3 is 11.8 Å². The van der Waals surface area contributed by atoms with Gasteiger partial charge in [-0.1, -0.05) is 6.07 Å². The van der Waals surface area contributed by atoms with E-state index in [4.69, 9.17) is 0 Å². The van der Waals surface area contributed by atoms with Crippen molar-refractivity contribution in [2.24, 2.45) is 0 Å². The molecular weight excluding hydrogens is 334 g/mol. The van der Waals surface area contributed by atoms with E-state index in [1.807, 2.05) is 18.2 Å². The van der Waals surface area contributed by atoms with Crippen molar-refractivity contribution in [1.82, 2.24) is 10.3 Å². The Morgan fingerprint density at radius 3 is 2.56 bits per heavy atom. The molecule has 3 aromatic rings. The highest BCUT2D eigenvalue weighted by molar-refractivity contribution is 7.21. The van der Waals surface area contributed by atoms with Crippen LogP contribution in [-0.4, -0.2) is 22.8 Å². The summed E-state index contributed by atoms with van der Waals surface area (Å²) < 4.78 is 1.16. The highest BCUT2D eigenvalue weighted by Crippen LogP contribution is 2.31. The van der Waals surface area contributed by atoms with Crippen LogP contribution in [0.3, 0.4) is 0 Å². The van der Waals surface area contributed by atoms with Gasteiger partial charge in [0.1, 0.15) is 5.01 Å². The van der Waals surface area contributed by atoms with E-state index in [1.165, 1.54) is 5.56 Å². The summed E-state index contributed by atoms with van der Waals surface area (Å²) in [6.45, 7) is 2.07. The molecule has 1 fully saturated rings. The van der Waals surface area contributed by atoms with Gasteiger partial charge < -0.3 is 10.6 Å². The number of carbonyl (C=O) groups excluding carboxylic acids is 2. The van der Waals surface area contributed by atoms with Gasteiger partial charge in [0, 0.05) is 17.3 Å². The molecule has 1 aliphatic carbocycles. The lowest BCUT2D eigenvalue weighted by atomic mass is 10.2. The average molecular weight is 351 g/mol. The molecule has 0 radical (unpaired) electrons. The van der Waals surface area contributed by atoms with Crippen molar-refractivity contribution < 1.29 is 9.59 Å². The van der Waals surface area contributed by atoms with Crippen molar-refractivity contribution in [1.29, 1.82) is 0 Å². The maximum absolute atomic E-state index is 11.8. The first kappa shape index (κ1) is 15.8. The SMILES string of the molecule is Cc1ccc2nc(-c3ccc(NC(=O)C(=O)NC4CC4)cc3)sc2c1. The van der Waals surface area contributed by atoms with Crippen molar-refractivity contribution in [2.45, 2.75) is 25.8 Å². The number of anilines is 1. The minimum atomic E-state index is -0.630. The molecule has 1 saturated carbocycles. The Kier molecular flexibility index (Phi) is 3.97. The number of carbonyl (C=O) groups is 2. The van der Waals surface area contributed by atoms with Crippen molar-refractivity contribution in [3.8, 4) is 10.6 Å². The summed E-state index contributed by atoms with van der Waals surface area (Å²) in [5, 5.41) is 6.23. The number of aromatic nitrogens is 1. The quantitative estimate of drug-likeness (QED) is 0.710. The second-order valence-electron chi connectivity index (χ2n) is 6.27. The maximum Gasteiger partial charge on any atom is 0.313 e. The second-order valence-corrected chi connectivity index (χ2v) is 7.30. The Morgan fingerprint density at radius 2 is 1.84 bits per heavy atom. The number of benzene rings is 2. The van der Waals surface area contributed by atoms with Crippen LogP contribution < -0.4 is 10.6 Å². The first-order valence-electron chi connectivity index (χ1n) is 8.18. The normalized spacial score (nSPS) is 13.6. The van der Waals surface area contributed by atoms with Gasteiger partial charge in [0.15, 0.2) is 0 Å². The third-order valence-corrected chi connectivity index (χ3v) is 5.12. The number of thiazole rings is 1. The third kappa shape index (κ3) is 3.53. The largest absolute Gasteiger partial charge is 0.345 e. The van der Waals surface area contributed by atoms with Gasteiger partial charge in [-0.3, -0.25) is 9.59 Å². The number of nitrogens with zero attached hydrogens (tertiary/aromatic N) is 1.